The van der Waals surface area contributed by atoms with Gasteiger partial charge in [-0.25, -0.2) is 4.98 Å². The number of nitrogens with two attached hydrogens (primary N) is 1. The van der Waals surface area contributed by atoms with Crippen LogP contribution in [0.3, 0.4) is 0 Å². The number of hydrogen-bond acceptors (Lipinski definition) is 8. The Morgan fingerprint density at radius 1 is 1.12 bits per heavy atom. The summed E-state index contributed by atoms with van der Waals surface area (Å²) in [4.78, 5) is 12.7. The van der Waals surface area contributed by atoms with Gasteiger partial charge in [-0.2, -0.15) is 15.2 Å². The van der Waals surface area contributed by atoms with E-state index in [1.807, 2.05) is 10.6 Å². The minimum absolute atomic E-state index is 0.0108. The van der Waals surface area contributed by atoms with Crippen molar-refractivity contribution in [3.63, 3.8) is 0 Å². The molecular weight excluding hydrogens is 464 g/mol. The first-order valence-corrected chi connectivity index (χ1v) is 17.7. The van der Waals surface area contributed by atoms with Gasteiger partial charge in [-0.05, 0) is 36.3 Å². The Balaban J connectivity index is 1.92. The third-order valence-electron chi connectivity index (χ3n) is 7.71. The lowest BCUT2D eigenvalue weighted by Crippen LogP contribution is -2.48. The molecule has 2 aromatic heterocycles. The SMILES string of the molecule is CC(C)(C)[Si](C)(C)OC[C@H]1O[C@@H](n2cnc3c(N)nc(C#N)nc32)C[C@@H]1O[Si](C)(C)C(C)(C)C. The normalized spacial score (nSPS) is 22.3. The maximum Gasteiger partial charge on any atom is 0.236 e. The second-order valence-corrected chi connectivity index (χ2v) is 21.8. The van der Waals surface area contributed by atoms with Crippen LogP contribution in [0, 0.1) is 11.3 Å². The molecule has 3 atom stereocenters. The first-order chi connectivity index (χ1) is 15.5. The molecular formula is C23H40N6O3Si2. The Kier molecular flexibility index (Phi) is 7.07. The third-order valence-corrected chi connectivity index (χ3v) is 16.7. The van der Waals surface area contributed by atoms with Gasteiger partial charge in [0.1, 0.15) is 23.9 Å². The van der Waals surface area contributed by atoms with Crippen molar-refractivity contribution in [2.75, 3.05) is 12.3 Å². The van der Waals surface area contributed by atoms with Crippen LogP contribution in [0.15, 0.2) is 6.33 Å². The van der Waals surface area contributed by atoms with Crippen LogP contribution in [0.2, 0.25) is 36.3 Å². The molecule has 0 bridgehead atoms. The van der Waals surface area contributed by atoms with E-state index in [4.69, 9.17) is 19.3 Å². The van der Waals surface area contributed by atoms with E-state index in [1.165, 1.54) is 0 Å². The summed E-state index contributed by atoms with van der Waals surface area (Å²) in [5, 5.41) is 9.47. The van der Waals surface area contributed by atoms with Gasteiger partial charge in [-0.3, -0.25) is 4.57 Å². The molecule has 2 N–H and O–H groups in total. The van der Waals surface area contributed by atoms with Crippen molar-refractivity contribution < 1.29 is 13.6 Å². The van der Waals surface area contributed by atoms with E-state index in [1.54, 1.807) is 6.33 Å². The zero-order chi connectivity index (χ0) is 25.7. The molecule has 0 aromatic carbocycles. The zero-order valence-electron chi connectivity index (χ0n) is 22.3. The molecule has 3 rings (SSSR count). The number of ether oxygens (including phenoxy) is 1. The fourth-order valence-electron chi connectivity index (χ4n) is 3.41. The molecule has 0 unspecified atom stereocenters. The summed E-state index contributed by atoms with van der Waals surface area (Å²) in [5.74, 6) is 0.196. The Bertz CT molecular complexity index is 1080. The van der Waals surface area contributed by atoms with Crippen LogP contribution in [0.5, 0.6) is 0 Å². The van der Waals surface area contributed by atoms with Gasteiger partial charge in [-0.1, -0.05) is 41.5 Å². The number of nitrogens with zero attached hydrogens (tertiary/aromatic N) is 5. The number of nitrogen functional groups attached to an aromatic ring is 1. The van der Waals surface area contributed by atoms with Crippen LogP contribution >= 0.6 is 0 Å². The maximum absolute atomic E-state index is 9.30. The lowest BCUT2D eigenvalue weighted by molar-refractivity contribution is -0.0383. The predicted octanol–water partition coefficient (Wildman–Crippen LogP) is 4.98. The Morgan fingerprint density at radius 2 is 1.74 bits per heavy atom. The van der Waals surface area contributed by atoms with Crippen LogP contribution in [0.1, 0.15) is 60.0 Å². The number of nitriles is 1. The standard InChI is InChI=1S/C23H40N6O3Si2/c1-22(2,3)33(7,8)30-13-16-15(32-34(9,10)23(4,5)6)11-18(31-16)29-14-26-19-20(25)27-17(12-24)28-21(19)29/h14-16,18H,11,13H2,1-10H3,(H2,25,27,28)/t15-,16+,18+/m0/s1. The smallest absolute Gasteiger partial charge is 0.236 e. The van der Waals surface area contributed by atoms with E-state index >= 15 is 0 Å². The number of rotatable bonds is 6. The van der Waals surface area contributed by atoms with Crippen LogP contribution in [-0.2, 0) is 13.6 Å². The third kappa shape index (κ3) is 5.21. The van der Waals surface area contributed by atoms with E-state index in [2.05, 4.69) is 82.7 Å². The molecule has 2 aromatic rings. The van der Waals surface area contributed by atoms with Crippen molar-refractivity contribution in [2.45, 2.75) is 103 Å². The van der Waals surface area contributed by atoms with Gasteiger partial charge in [-0.15, -0.1) is 0 Å². The number of fused-ring (bicyclic) bond motifs is 1. The molecule has 0 spiro atoms. The summed E-state index contributed by atoms with van der Waals surface area (Å²) in [7, 11) is -4.02. The average Bonchev–Trinajstić information content (AvgIpc) is 3.28. The molecule has 0 saturated carbocycles. The molecule has 11 heteroatoms. The first-order valence-electron chi connectivity index (χ1n) is 11.8. The monoisotopic (exact) mass is 504 g/mol. The van der Waals surface area contributed by atoms with Gasteiger partial charge in [0.05, 0.1) is 19.0 Å². The molecule has 1 aliphatic rings. The Morgan fingerprint density at radius 3 is 2.29 bits per heavy atom. The topological polar surface area (TPSA) is 121 Å². The van der Waals surface area contributed by atoms with Gasteiger partial charge >= 0.3 is 0 Å². The molecule has 1 fully saturated rings. The largest absolute Gasteiger partial charge is 0.414 e. The molecule has 0 radical (unpaired) electrons. The minimum Gasteiger partial charge on any atom is -0.414 e. The van der Waals surface area contributed by atoms with E-state index in [-0.39, 0.29) is 40.2 Å². The molecule has 9 nitrogen and oxygen atoms in total. The highest BCUT2D eigenvalue weighted by atomic mass is 28.4. The second kappa shape index (κ2) is 8.98. The van der Waals surface area contributed by atoms with Crippen molar-refractivity contribution in [1.82, 2.24) is 19.5 Å². The molecule has 3 heterocycles. The van der Waals surface area contributed by atoms with Gasteiger partial charge in [0.2, 0.25) is 5.82 Å². The Hall–Kier alpha value is -1.85. The first kappa shape index (κ1) is 26.8. The quantitative estimate of drug-likeness (QED) is 0.547. The summed E-state index contributed by atoms with van der Waals surface area (Å²) in [6.07, 6.45) is 1.59. The van der Waals surface area contributed by atoms with Crippen molar-refractivity contribution >= 4 is 33.6 Å². The summed E-state index contributed by atoms with van der Waals surface area (Å²) in [6.45, 7) is 22.9. The van der Waals surface area contributed by atoms with E-state index in [9.17, 15) is 5.26 Å². The lowest BCUT2D eigenvalue weighted by atomic mass is 10.2. The van der Waals surface area contributed by atoms with E-state index < -0.39 is 16.6 Å². The van der Waals surface area contributed by atoms with E-state index in [0.29, 0.717) is 24.2 Å². The number of hydrogen-bond donors (Lipinski definition) is 1. The van der Waals surface area contributed by atoms with E-state index in [0.717, 1.165) is 0 Å². The lowest BCUT2D eigenvalue weighted by Gasteiger charge is -2.40. The number of aromatic nitrogens is 4. The number of anilines is 1. The molecule has 34 heavy (non-hydrogen) atoms. The molecule has 0 amide bonds. The molecule has 1 saturated heterocycles. The fraction of sp³-hybridized carbons (Fsp3) is 0.739. The highest BCUT2D eigenvalue weighted by Gasteiger charge is 2.46. The Labute approximate surface area is 205 Å². The second-order valence-electron chi connectivity index (χ2n) is 12.2. The summed E-state index contributed by atoms with van der Waals surface area (Å²) < 4.78 is 21.8. The number of imidazole rings is 1. The molecule has 0 aliphatic carbocycles. The van der Waals surface area contributed by atoms with Gasteiger partial charge in [0.15, 0.2) is 28.1 Å². The fourth-order valence-corrected chi connectivity index (χ4v) is 5.78. The van der Waals surface area contributed by atoms with Gasteiger partial charge < -0.3 is 19.3 Å². The molecule has 1 aliphatic heterocycles. The minimum atomic E-state index is -2.05. The zero-order valence-corrected chi connectivity index (χ0v) is 24.3. The average molecular weight is 505 g/mol. The summed E-state index contributed by atoms with van der Waals surface area (Å²) in [6, 6.07) is 1.97. The van der Waals surface area contributed by atoms with Crippen molar-refractivity contribution in [1.29, 1.82) is 5.26 Å². The molecule has 188 valence electrons. The van der Waals surface area contributed by atoms with Crippen LogP contribution in [-0.4, -0.2) is 55.0 Å². The summed E-state index contributed by atoms with van der Waals surface area (Å²) in [5.41, 5.74) is 6.97. The van der Waals surface area contributed by atoms with Crippen LogP contribution in [0.25, 0.3) is 11.2 Å². The van der Waals surface area contributed by atoms with Crippen molar-refractivity contribution in [3.05, 3.63) is 12.2 Å². The summed E-state index contributed by atoms with van der Waals surface area (Å²) >= 11 is 0. The van der Waals surface area contributed by atoms with Crippen LogP contribution in [0.4, 0.5) is 5.82 Å². The van der Waals surface area contributed by atoms with Gasteiger partial charge in [0.25, 0.3) is 0 Å². The van der Waals surface area contributed by atoms with Crippen LogP contribution < -0.4 is 5.73 Å². The predicted molar refractivity (Wildman–Crippen MR) is 138 cm³/mol. The highest BCUT2D eigenvalue weighted by molar-refractivity contribution is 6.74. The van der Waals surface area contributed by atoms with Crippen molar-refractivity contribution in [3.8, 4) is 6.07 Å². The van der Waals surface area contributed by atoms with Gasteiger partial charge in [0, 0.05) is 6.42 Å². The van der Waals surface area contributed by atoms with Crippen molar-refractivity contribution in [2.24, 2.45) is 0 Å². The maximum atomic E-state index is 9.30. The highest BCUT2D eigenvalue weighted by Crippen LogP contribution is 2.43.